The Bertz CT molecular complexity index is 901. The number of carbonyl (C=O) groups is 2. The third-order valence-electron chi connectivity index (χ3n) is 6.52. The molecule has 1 saturated carbocycles. The van der Waals surface area contributed by atoms with Gasteiger partial charge in [0.2, 0.25) is 5.91 Å². The summed E-state index contributed by atoms with van der Waals surface area (Å²) in [6.45, 7) is 1.88. The lowest BCUT2D eigenvalue weighted by Crippen LogP contribution is -2.51. The molecule has 1 heterocycles. The maximum absolute atomic E-state index is 14.0. The zero-order chi connectivity index (χ0) is 21.1. The van der Waals surface area contributed by atoms with Gasteiger partial charge >= 0.3 is 0 Å². The van der Waals surface area contributed by atoms with Gasteiger partial charge in [0, 0.05) is 17.6 Å². The van der Waals surface area contributed by atoms with E-state index in [1.54, 1.807) is 18.2 Å². The highest BCUT2D eigenvalue weighted by molar-refractivity contribution is 5.98. The first kappa shape index (κ1) is 20.6. The zero-order valence-electron chi connectivity index (χ0n) is 17.4. The molecular weight excluding hydrogens is 379 g/mol. The van der Waals surface area contributed by atoms with E-state index in [0.29, 0.717) is 29.9 Å². The van der Waals surface area contributed by atoms with Gasteiger partial charge in [-0.05, 0) is 62.3 Å². The average molecular weight is 409 g/mol. The lowest BCUT2D eigenvalue weighted by atomic mass is 9.84. The van der Waals surface area contributed by atoms with Gasteiger partial charge in [0.25, 0.3) is 5.91 Å². The molecule has 1 aliphatic carbocycles. The molecule has 1 aliphatic heterocycles. The molecule has 4 unspecified atom stereocenters. The van der Waals surface area contributed by atoms with Crippen molar-refractivity contribution in [3.63, 3.8) is 0 Å². The largest absolute Gasteiger partial charge is 0.352 e. The van der Waals surface area contributed by atoms with Crippen LogP contribution < -0.4 is 5.32 Å². The molecule has 2 aliphatic rings. The third-order valence-corrected chi connectivity index (χ3v) is 6.52. The van der Waals surface area contributed by atoms with Gasteiger partial charge in [-0.1, -0.05) is 49.2 Å². The molecular formula is C25H29FN2O2. The van der Waals surface area contributed by atoms with Gasteiger partial charge in [-0.15, -0.1) is 0 Å². The topological polar surface area (TPSA) is 49.4 Å². The molecule has 4 rings (SSSR count). The molecule has 2 amide bonds. The fraction of sp³-hybridized carbons (Fsp3) is 0.440. The maximum atomic E-state index is 14.0. The van der Waals surface area contributed by atoms with Gasteiger partial charge in [-0.2, -0.15) is 0 Å². The molecule has 1 saturated heterocycles. The van der Waals surface area contributed by atoms with Crippen LogP contribution in [0.2, 0.25) is 0 Å². The van der Waals surface area contributed by atoms with Crippen LogP contribution in [0.25, 0.3) is 0 Å². The van der Waals surface area contributed by atoms with Gasteiger partial charge in [0.05, 0.1) is 0 Å². The number of benzene rings is 2. The zero-order valence-corrected chi connectivity index (χ0v) is 17.4. The number of likely N-dealkylation sites (tertiary alicyclic amines) is 1. The highest BCUT2D eigenvalue weighted by Crippen LogP contribution is 2.40. The molecule has 5 heteroatoms. The summed E-state index contributed by atoms with van der Waals surface area (Å²) in [6, 6.07) is 15.3. The monoisotopic (exact) mass is 408 g/mol. The fourth-order valence-corrected chi connectivity index (χ4v) is 5.10. The van der Waals surface area contributed by atoms with Gasteiger partial charge in [-0.25, -0.2) is 4.39 Å². The Morgan fingerprint density at radius 3 is 2.53 bits per heavy atom. The van der Waals surface area contributed by atoms with E-state index in [1.807, 2.05) is 42.2 Å². The first-order valence-corrected chi connectivity index (χ1v) is 11.0. The van der Waals surface area contributed by atoms with Crippen molar-refractivity contribution in [2.24, 2.45) is 5.92 Å². The van der Waals surface area contributed by atoms with Gasteiger partial charge < -0.3 is 10.2 Å². The molecule has 2 fully saturated rings. The summed E-state index contributed by atoms with van der Waals surface area (Å²) in [5, 5.41) is 3.04. The fourth-order valence-electron chi connectivity index (χ4n) is 5.10. The Labute approximate surface area is 177 Å². The van der Waals surface area contributed by atoms with Crippen LogP contribution in [0.5, 0.6) is 0 Å². The van der Waals surface area contributed by atoms with Crippen LogP contribution in [0, 0.1) is 11.7 Å². The van der Waals surface area contributed by atoms with E-state index < -0.39 is 6.04 Å². The van der Waals surface area contributed by atoms with E-state index in [1.165, 1.54) is 6.07 Å². The molecule has 1 N–H and O–H groups in total. The Balaban J connectivity index is 1.50. The van der Waals surface area contributed by atoms with Gasteiger partial charge in [0.1, 0.15) is 11.9 Å². The molecule has 30 heavy (non-hydrogen) atoms. The summed E-state index contributed by atoms with van der Waals surface area (Å²) in [6.07, 6.45) is 5.41. The van der Waals surface area contributed by atoms with E-state index in [9.17, 15) is 14.0 Å². The number of nitrogens with one attached hydrogen (secondary N) is 1. The Morgan fingerprint density at radius 2 is 1.77 bits per heavy atom. The molecule has 0 spiro atoms. The van der Waals surface area contributed by atoms with Crippen molar-refractivity contribution in [2.75, 3.05) is 0 Å². The van der Waals surface area contributed by atoms with Crippen molar-refractivity contribution in [3.05, 3.63) is 71.5 Å². The van der Waals surface area contributed by atoms with Crippen LogP contribution in [-0.4, -0.2) is 34.8 Å². The lowest BCUT2D eigenvalue weighted by molar-refractivity contribution is -0.125. The summed E-state index contributed by atoms with van der Waals surface area (Å²) in [5.41, 5.74) is 1.21. The normalized spacial score (nSPS) is 24.2. The van der Waals surface area contributed by atoms with Crippen LogP contribution in [0.15, 0.2) is 54.6 Å². The minimum absolute atomic E-state index is 0.0630. The average Bonchev–Trinajstić information content (AvgIpc) is 3.15. The Kier molecular flexibility index (Phi) is 6.16. The SMILES string of the molecule is CC(Cc1ccccc1F)NC(=O)C1CC2CCCCC2N1C(=O)c1ccccc1. The molecule has 4 nitrogen and oxygen atoms in total. The Morgan fingerprint density at radius 1 is 1.07 bits per heavy atom. The van der Waals surface area contributed by atoms with E-state index >= 15 is 0 Å². The predicted molar refractivity (Wildman–Crippen MR) is 114 cm³/mol. The van der Waals surface area contributed by atoms with Crippen LogP contribution >= 0.6 is 0 Å². The van der Waals surface area contributed by atoms with Gasteiger partial charge in [-0.3, -0.25) is 9.59 Å². The van der Waals surface area contributed by atoms with Crippen LogP contribution in [0.4, 0.5) is 4.39 Å². The summed E-state index contributed by atoms with van der Waals surface area (Å²) in [4.78, 5) is 28.4. The number of hydrogen-bond donors (Lipinski definition) is 1. The molecule has 0 aromatic heterocycles. The second-order valence-electron chi connectivity index (χ2n) is 8.65. The maximum Gasteiger partial charge on any atom is 0.254 e. The third kappa shape index (κ3) is 4.25. The second kappa shape index (κ2) is 8.99. The van der Waals surface area contributed by atoms with E-state index in [2.05, 4.69) is 5.32 Å². The number of hydrogen-bond acceptors (Lipinski definition) is 2. The minimum atomic E-state index is -0.464. The summed E-state index contributed by atoms with van der Waals surface area (Å²) >= 11 is 0. The van der Waals surface area contributed by atoms with Gasteiger partial charge in [0.15, 0.2) is 0 Å². The number of carbonyl (C=O) groups excluding carboxylic acids is 2. The summed E-state index contributed by atoms with van der Waals surface area (Å²) in [5.74, 6) is -0.0696. The Hall–Kier alpha value is -2.69. The van der Waals surface area contributed by atoms with Crippen molar-refractivity contribution in [3.8, 4) is 0 Å². The van der Waals surface area contributed by atoms with Crippen molar-refractivity contribution < 1.29 is 14.0 Å². The molecule has 2 aromatic carbocycles. The molecule has 4 atom stereocenters. The number of amides is 2. The van der Waals surface area contributed by atoms with Crippen molar-refractivity contribution >= 4 is 11.8 Å². The highest BCUT2D eigenvalue weighted by Gasteiger charge is 2.47. The van der Waals surface area contributed by atoms with Crippen LogP contribution in [0.1, 0.15) is 54.9 Å². The predicted octanol–water partition coefficient (Wildman–Crippen LogP) is 4.35. The summed E-state index contributed by atoms with van der Waals surface area (Å²) < 4.78 is 14.0. The quantitative estimate of drug-likeness (QED) is 0.800. The van der Waals surface area contributed by atoms with Crippen LogP contribution in [0.3, 0.4) is 0 Å². The molecule has 2 aromatic rings. The standard InChI is InChI=1S/C25H29FN2O2/c1-17(15-19-11-5-7-13-21(19)26)27-24(29)23-16-20-12-6-8-14-22(20)28(23)25(30)18-9-3-2-4-10-18/h2-5,7,9-11,13,17,20,22-23H,6,8,12,14-16H2,1H3,(H,27,29). The first-order chi connectivity index (χ1) is 14.5. The highest BCUT2D eigenvalue weighted by atomic mass is 19.1. The minimum Gasteiger partial charge on any atom is -0.352 e. The summed E-state index contributed by atoms with van der Waals surface area (Å²) in [7, 11) is 0. The number of rotatable bonds is 5. The van der Waals surface area contributed by atoms with Crippen LogP contribution in [-0.2, 0) is 11.2 Å². The first-order valence-electron chi connectivity index (χ1n) is 11.0. The molecule has 0 bridgehead atoms. The molecule has 0 radical (unpaired) electrons. The van der Waals surface area contributed by atoms with Crippen molar-refractivity contribution in [1.82, 2.24) is 10.2 Å². The van der Waals surface area contributed by atoms with Crippen molar-refractivity contribution in [1.29, 1.82) is 0 Å². The van der Waals surface area contributed by atoms with Crippen molar-refractivity contribution in [2.45, 2.75) is 63.6 Å². The van der Waals surface area contributed by atoms with E-state index in [4.69, 9.17) is 0 Å². The molecule has 158 valence electrons. The van der Waals surface area contributed by atoms with E-state index in [0.717, 1.165) is 25.7 Å². The number of nitrogens with zero attached hydrogens (tertiary/aromatic N) is 1. The number of fused-ring (bicyclic) bond motifs is 1. The smallest absolute Gasteiger partial charge is 0.254 e. The second-order valence-corrected chi connectivity index (χ2v) is 8.65. The number of halogens is 1. The van der Waals surface area contributed by atoms with E-state index in [-0.39, 0.29) is 29.7 Å². The lowest BCUT2D eigenvalue weighted by Gasteiger charge is -2.34.